The molecule has 0 aromatic heterocycles. The number of rotatable bonds is 2. The van der Waals surface area contributed by atoms with E-state index in [1.54, 1.807) is 23.9 Å². The Kier molecular flexibility index (Phi) is 2.75. The fourth-order valence-corrected chi connectivity index (χ4v) is 1.21. The van der Waals surface area contributed by atoms with E-state index >= 15 is 0 Å². The van der Waals surface area contributed by atoms with Gasteiger partial charge in [-0.2, -0.15) is 0 Å². The fraction of sp³-hybridized carbons (Fsp3) is 0.125. The summed E-state index contributed by atoms with van der Waals surface area (Å²) in [7, 11) is 0. The van der Waals surface area contributed by atoms with E-state index in [1.807, 2.05) is 12.7 Å². The Labute approximate surface area is 64.4 Å². The molecule has 0 aliphatic carbocycles. The van der Waals surface area contributed by atoms with Crippen LogP contribution in [0.5, 0.6) is 0 Å². The molecule has 0 unspecified atom stereocenters. The van der Waals surface area contributed by atoms with E-state index in [1.165, 1.54) is 12.1 Å². The molecule has 0 aliphatic heterocycles. The second kappa shape index (κ2) is 3.62. The third-order valence-electron chi connectivity index (χ3n) is 1.07. The number of halogens is 1. The molecule has 0 spiro atoms. The van der Waals surface area contributed by atoms with Gasteiger partial charge in [0.05, 0.1) is 0 Å². The van der Waals surface area contributed by atoms with Gasteiger partial charge in [-0.1, -0.05) is 6.92 Å². The van der Waals surface area contributed by atoms with E-state index in [2.05, 4.69) is 0 Å². The van der Waals surface area contributed by atoms with E-state index in [9.17, 15) is 4.39 Å². The Morgan fingerprint density at radius 3 is 2.40 bits per heavy atom. The van der Waals surface area contributed by atoms with Gasteiger partial charge in [-0.3, -0.25) is 0 Å². The molecule has 0 saturated heterocycles. The molecule has 1 radical (unpaired) electrons. The molecule has 0 heterocycles. The van der Waals surface area contributed by atoms with Crippen molar-refractivity contribution in [2.75, 3.05) is 0 Å². The third-order valence-corrected chi connectivity index (χ3v) is 1.85. The van der Waals surface area contributed by atoms with E-state index in [4.69, 9.17) is 0 Å². The quantitative estimate of drug-likeness (QED) is 0.591. The van der Waals surface area contributed by atoms with Gasteiger partial charge in [0.2, 0.25) is 0 Å². The average Bonchev–Trinajstić information content (AvgIpc) is 1.95. The Morgan fingerprint density at radius 1 is 1.30 bits per heavy atom. The first-order valence-corrected chi connectivity index (χ1v) is 3.91. The van der Waals surface area contributed by atoms with Crippen molar-refractivity contribution in [3.8, 4) is 0 Å². The van der Waals surface area contributed by atoms with Crippen molar-refractivity contribution in [3.05, 3.63) is 35.8 Å². The topological polar surface area (TPSA) is 0 Å². The number of benzene rings is 1. The third kappa shape index (κ3) is 2.03. The molecule has 0 amide bonds. The summed E-state index contributed by atoms with van der Waals surface area (Å²) in [5, 5.41) is 0. The first-order chi connectivity index (χ1) is 4.83. The van der Waals surface area contributed by atoms with Crippen LogP contribution in [0.3, 0.4) is 0 Å². The van der Waals surface area contributed by atoms with Crippen molar-refractivity contribution in [3.63, 3.8) is 0 Å². The van der Waals surface area contributed by atoms with Crippen molar-refractivity contribution in [2.24, 2.45) is 0 Å². The standard InChI is InChI=1S/C8H8FS/c1-2-10-8-5-3-7(9)4-6-8/h2-6H,1H3. The van der Waals surface area contributed by atoms with E-state index in [0.29, 0.717) is 0 Å². The Hall–Kier alpha value is -0.500. The molecule has 0 fully saturated rings. The molecule has 1 aromatic rings. The Bertz CT molecular complexity index is 193. The molecular weight excluding hydrogens is 147 g/mol. The molecule has 10 heavy (non-hydrogen) atoms. The maximum absolute atomic E-state index is 12.3. The lowest BCUT2D eigenvalue weighted by Crippen LogP contribution is -1.72. The highest BCUT2D eigenvalue weighted by molar-refractivity contribution is 8.01. The van der Waals surface area contributed by atoms with E-state index in [0.717, 1.165) is 4.90 Å². The van der Waals surface area contributed by atoms with Crippen molar-refractivity contribution in [2.45, 2.75) is 11.8 Å². The maximum Gasteiger partial charge on any atom is 0.123 e. The molecule has 1 rings (SSSR count). The van der Waals surface area contributed by atoms with Crippen LogP contribution in [0.4, 0.5) is 4.39 Å². The maximum atomic E-state index is 12.3. The molecule has 0 saturated carbocycles. The molecule has 0 atom stereocenters. The number of thioether (sulfide) groups is 1. The minimum absolute atomic E-state index is 0.180. The van der Waals surface area contributed by atoms with Crippen molar-refractivity contribution >= 4 is 11.8 Å². The van der Waals surface area contributed by atoms with Gasteiger partial charge in [-0.25, -0.2) is 4.39 Å². The van der Waals surface area contributed by atoms with Gasteiger partial charge >= 0.3 is 0 Å². The highest BCUT2D eigenvalue weighted by Crippen LogP contribution is 2.19. The van der Waals surface area contributed by atoms with Crippen LogP contribution in [0.15, 0.2) is 29.2 Å². The summed E-state index contributed by atoms with van der Waals surface area (Å²) in [5.41, 5.74) is 0. The predicted octanol–water partition coefficient (Wildman–Crippen LogP) is 3.10. The lowest BCUT2D eigenvalue weighted by molar-refractivity contribution is 0.626. The zero-order valence-electron chi connectivity index (χ0n) is 5.67. The van der Waals surface area contributed by atoms with Crippen LogP contribution in [-0.4, -0.2) is 0 Å². The van der Waals surface area contributed by atoms with Crippen molar-refractivity contribution < 1.29 is 4.39 Å². The van der Waals surface area contributed by atoms with Crippen molar-refractivity contribution in [1.82, 2.24) is 0 Å². The van der Waals surface area contributed by atoms with Gasteiger partial charge in [0.1, 0.15) is 5.82 Å². The summed E-state index contributed by atoms with van der Waals surface area (Å²) in [4.78, 5) is 1.07. The molecule has 0 bridgehead atoms. The van der Waals surface area contributed by atoms with Crippen LogP contribution in [0.25, 0.3) is 0 Å². The summed E-state index contributed by atoms with van der Waals surface area (Å²) >= 11 is 1.59. The normalized spacial score (nSPS) is 9.80. The number of hydrogen-bond acceptors (Lipinski definition) is 1. The molecule has 53 valence electrons. The minimum Gasteiger partial charge on any atom is -0.207 e. The summed E-state index contributed by atoms with van der Waals surface area (Å²) in [6.45, 7) is 1.95. The minimum atomic E-state index is -0.180. The van der Waals surface area contributed by atoms with E-state index in [-0.39, 0.29) is 5.82 Å². The SMILES string of the molecule is C[CH]Sc1ccc(F)cc1. The van der Waals surface area contributed by atoms with Gasteiger partial charge in [0.25, 0.3) is 0 Å². The van der Waals surface area contributed by atoms with Crippen molar-refractivity contribution in [1.29, 1.82) is 0 Å². The van der Waals surface area contributed by atoms with Gasteiger partial charge in [-0.15, -0.1) is 11.8 Å². The van der Waals surface area contributed by atoms with Crippen LogP contribution in [-0.2, 0) is 0 Å². The highest BCUT2D eigenvalue weighted by atomic mass is 32.2. The monoisotopic (exact) mass is 155 g/mol. The Balaban J connectivity index is 2.69. The summed E-state index contributed by atoms with van der Waals surface area (Å²) in [6, 6.07) is 6.46. The molecule has 1 aromatic carbocycles. The van der Waals surface area contributed by atoms with Gasteiger partial charge in [0, 0.05) is 10.6 Å². The zero-order valence-corrected chi connectivity index (χ0v) is 6.49. The summed E-state index contributed by atoms with van der Waals surface area (Å²) in [6.07, 6.45) is 0. The largest absolute Gasteiger partial charge is 0.207 e. The van der Waals surface area contributed by atoms with E-state index < -0.39 is 0 Å². The van der Waals surface area contributed by atoms with Gasteiger partial charge < -0.3 is 0 Å². The van der Waals surface area contributed by atoms with Crippen LogP contribution in [0, 0.1) is 11.6 Å². The molecular formula is C8H8FS. The first kappa shape index (κ1) is 7.61. The van der Waals surface area contributed by atoms with Gasteiger partial charge in [0.15, 0.2) is 0 Å². The van der Waals surface area contributed by atoms with Crippen LogP contribution >= 0.6 is 11.8 Å². The highest BCUT2D eigenvalue weighted by Gasteiger charge is 1.90. The predicted molar refractivity (Wildman–Crippen MR) is 42.2 cm³/mol. The zero-order chi connectivity index (χ0) is 7.40. The van der Waals surface area contributed by atoms with Crippen LogP contribution in [0.1, 0.15) is 6.92 Å². The fourth-order valence-electron chi connectivity index (χ4n) is 0.649. The second-order valence-electron chi connectivity index (χ2n) is 1.81. The second-order valence-corrected chi connectivity index (χ2v) is 2.99. The van der Waals surface area contributed by atoms with Crippen LogP contribution in [0.2, 0.25) is 0 Å². The van der Waals surface area contributed by atoms with Crippen LogP contribution < -0.4 is 0 Å². The Morgan fingerprint density at radius 2 is 1.90 bits per heavy atom. The van der Waals surface area contributed by atoms with Gasteiger partial charge in [-0.05, 0) is 24.3 Å². The smallest absolute Gasteiger partial charge is 0.123 e. The molecule has 0 aliphatic rings. The lowest BCUT2D eigenvalue weighted by atomic mass is 10.4. The number of hydrogen-bond donors (Lipinski definition) is 0. The lowest BCUT2D eigenvalue weighted by Gasteiger charge is -1.94. The summed E-state index contributed by atoms with van der Waals surface area (Å²) in [5.74, 6) is 1.79. The molecule has 2 heteroatoms. The average molecular weight is 155 g/mol. The first-order valence-electron chi connectivity index (χ1n) is 3.03. The summed E-state index contributed by atoms with van der Waals surface area (Å²) < 4.78 is 12.3. The molecule has 0 N–H and O–H groups in total. The molecule has 0 nitrogen and oxygen atoms in total.